The lowest BCUT2D eigenvalue weighted by Crippen LogP contribution is -2.31. The number of hydrogen-bond donors (Lipinski definition) is 1. The van der Waals surface area contributed by atoms with Crippen LogP contribution in [0.4, 0.5) is 0 Å². The molecule has 70 valence electrons. The van der Waals surface area contributed by atoms with Gasteiger partial charge in [0.25, 0.3) is 0 Å². The topological polar surface area (TPSA) is 35.2 Å². The first-order valence-corrected chi connectivity index (χ1v) is 5.19. The lowest BCUT2D eigenvalue weighted by atomic mass is 9.98. The highest BCUT2D eigenvalue weighted by atomic mass is 16.5. The van der Waals surface area contributed by atoms with Gasteiger partial charge in [-0.1, -0.05) is 19.3 Å². The Balaban J connectivity index is 1.65. The molecule has 0 unspecified atom stereocenters. The summed E-state index contributed by atoms with van der Waals surface area (Å²) in [5, 5.41) is 0. The van der Waals surface area contributed by atoms with E-state index in [2.05, 4.69) is 0 Å². The van der Waals surface area contributed by atoms with Gasteiger partial charge in [-0.05, 0) is 25.7 Å². The second kappa shape index (κ2) is 3.35. The summed E-state index contributed by atoms with van der Waals surface area (Å²) in [7, 11) is 0. The van der Waals surface area contributed by atoms with Gasteiger partial charge in [-0.25, -0.2) is 0 Å². The van der Waals surface area contributed by atoms with Gasteiger partial charge in [-0.2, -0.15) is 0 Å². The van der Waals surface area contributed by atoms with Gasteiger partial charge in [0.05, 0.1) is 12.7 Å². The van der Waals surface area contributed by atoms with Gasteiger partial charge in [0, 0.05) is 5.54 Å². The molecule has 2 aliphatic carbocycles. The largest absolute Gasteiger partial charge is 0.376 e. The number of ether oxygens (including phenoxy) is 1. The highest BCUT2D eigenvalue weighted by Gasteiger charge is 2.39. The van der Waals surface area contributed by atoms with E-state index in [0.717, 1.165) is 6.61 Å². The Morgan fingerprint density at radius 3 is 2.42 bits per heavy atom. The SMILES string of the molecule is NC1(COC2CCCCC2)CC1. The predicted molar refractivity (Wildman–Crippen MR) is 49.0 cm³/mol. The number of rotatable bonds is 3. The van der Waals surface area contributed by atoms with Crippen LogP contribution >= 0.6 is 0 Å². The van der Waals surface area contributed by atoms with E-state index in [4.69, 9.17) is 10.5 Å². The van der Waals surface area contributed by atoms with Crippen molar-refractivity contribution in [2.45, 2.75) is 56.6 Å². The molecule has 2 saturated carbocycles. The van der Waals surface area contributed by atoms with E-state index in [9.17, 15) is 0 Å². The van der Waals surface area contributed by atoms with Crippen molar-refractivity contribution in [2.24, 2.45) is 5.73 Å². The van der Waals surface area contributed by atoms with Crippen LogP contribution in [0.1, 0.15) is 44.9 Å². The van der Waals surface area contributed by atoms with E-state index in [1.807, 2.05) is 0 Å². The highest BCUT2D eigenvalue weighted by molar-refractivity contribution is 4.98. The molecule has 0 atom stereocenters. The molecule has 0 saturated heterocycles. The van der Waals surface area contributed by atoms with Gasteiger partial charge in [0.1, 0.15) is 0 Å². The Morgan fingerprint density at radius 2 is 1.83 bits per heavy atom. The summed E-state index contributed by atoms with van der Waals surface area (Å²) >= 11 is 0. The third kappa shape index (κ3) is 2.20. The molecule has 0 amide bonds. The Labute approximate surface area is 74.5 Å². The molecule has 0 aromatic rings. The van der Waals surface area contributed by atoms with Gasteiger partial charge in [0.2, 0.25) is 0 Å². The van der Waals surface area contributed by atoms with Gasteiger partial charge in [-0.3, -0.25) is 0 Å². The van der Waals surface area contributed by atoms with E-state index in [1.54, 1.807) is 0 Å². The summed E-state index contributed by atoms with van der Waals surface area (Å²) in [4.78, 5) is 0. The van der Waals surface area contributed by atoms with Gasteiger partial charge in [-0.15, -0.1) is 0 Å². The van der Waals surface area contributed by atoms with E-state index in [1.165, 1.54) is 44.9 Å². The van der Waals surface area contributed by atoms with Crippen molar-refractivity contribution in [2.75, 3.05) is 6.61 Å². The zero-order chi connectivity index (χ0) is 8.44. The summed E-state index contributed by atoms with van der Waals surface area (Å²) in [6.07, 6.45) is 9.48. The highest BCUT2D eigenvalue weighted by Crippen LogP contribution is 2.33. The van der Waals surface area contributed by atoms with Gasteiger partial charge >= 0.3 is 0 Å². The summed E-state index contributed by atoms with van der Waals surface area (Å²) in [5.74, 6) is 0. The fourth-order valence-corrected chi connectivity index (χ4v) is 1.82. The standard InChI is InChI=1S/C10H19NO/c11-10(6-7-10)8-12-9-4-2-1-3-5-9/h9H,1-8,11H2. The molecular formula is C10H19NO. The van der Waals surface area contributed by atoms with E-state index in [-0.39, 0.29) is 5.54 Å². The zero-order valence-electron chi connectivity index (χ0n) is 7.72. The van der Waals surface area contributed by atoms with Crippen LogP contribution in [0.25, 0.3) is 0 Å². The fourth-order valence-electron chi connectivity index (χ4n) is 1.82. The van der Waals surface area contributed by atoms with Crippen LogP contribution < -0.4 is 5.73 Å². The number of hydrogen-bond acceptors (Lipinski definition) is 2. The Hall–Kier alpha value is -0.0800. The van der Waals surface area contributed by atoms with E-state index in [0.29, 0.717) is 6.10 Å². The molecule has 0 aliphatic heterocycles. The van der Waals surface area contributed by atoms with Gasteiger partial charge < -0.3 is 10.5 Å². The van der Waals surface area contributed by atoms with Crippen molar-refractivity contribution in [1.82, 2.24) is 0 Å². The summed E-state index contributed by atoms with van der Waals surface area (Å²) in [5.41, 5.74) is 6.02. The molecule has 2 rings (SSSR count). The predicted octanol–water partition coefficient (Wildman–Crippen LogP) is 1.83. The monoisotopic (exact) mass is 169 g/mol. The van der Waals surface area contributed by atoms with Crippen LogP contribution in [0, 0.1) is 0 Å². The van der Waals surface area contributed by atoms with E-state index < -0.39 is 0 Å². The maximum Gasteiger partial charge on any atom is 0.0649 e. The maximum absolute atomic E-state index is 5.94. The first-order valence-electron chi connectivity index (χ1n) is 5.19. The summed E-state index contributed by atoms with van der Waals surface area (Å²) in [6, 6.07) is 0. The second-order valence-electron chi connectivity index (χ2n) is 4.43. The molecule has 0 spiro atoms. The first kappa shape index (κ1) is 8.52. The Bertz CT molecular complexity index is 148. The molecule has 2 heteroatoms. The van der Waals surface area contributed by atoms with Crippen LogP contribution in [0.3, 0.4) is 0 Å². The molecule has 0 aromatic carbocycles. The molecule has 2 N–H and O–H groups in total. The van der Waals surface area contributed by atoms with Crippen LogP contribution in [-0.2, 0) is 4.74 Å². The van der Waals surface area contributed by atoms with Crippen LogP contribution in [0.2, 0.25) is 0 Å². The van der Waals surface area contributed by atoms with Crippen LogP contribution in [0.5, 0.6) is 0 Å². The lowest BCUT2D eigenvalue weighted by Gasteiger charge is -2.23. The minimum absolute atomic E-state index is 0.0808. The maximum atomic E-state index is 5.94. The minimum atomic E-state index is 0.0808. The van der Waals surface area contributed by atoms with Crippen LogP contribution in [-0.4, -0.2) is 18.2 Å². The molecule has 2 aliphatic rings. The molecular weight excluding hydrogens is 150 g/mol. The average molecular weight is 169 g/mol. The molecule has 0 radical (unpaired) electrons. The molecule has 2 nitrogen and oxygen atoms in total. The Morgan fingerprint density at radius 1 is 1.17 bits per heavy atom. The number of nitrogens with two attached hydrogens (primary N) is 1. The Kier molecular flexibility index (Phi) is 2.37. The third-order valence-corrected chi connectivity index (χ3v) is 3.05. The quantitative estimate of drug-likeness (QED) is 0.699. The second-order valence-corrected chi connectivity index (χ2v) is 4.43. The van der Waals surface area contributed by atoms with Gasteiger partial charge in [0.15, 0.2) is 0 Å². The summed E-state index contributed by atoms with van der Waals surface area (Å²) < 4.78 is 5.78. The fraction of sp³-hybridized carbons (Fsp3) is 1.00. The van der Waals surface area contributed by atoms with Crippen LogP contribution in [0.15, 0.2) is 0 Å². The molecule has 12 heavy (non-hydrogen) atoms. The smallest absolute Gasteiger partial charge is 0.0649 e. The normalized spacial score (nSPS) is 28.8. The van der Waals surface area contributed by atoms with Crippen molar-refractivity contribution < 1.29 is 4.74 Å². The molecule has 2 fully saturated rings. The first-order chi connectivity index (χ1) is 5.79. The molecule has 0 heterocycles. The lowest BCUT2D eigenvalue weighted by molar-refractivity contribution is 0.0171. The average Bonchev–Trinajstić information content (AvgIpc) is 2.84. The third-order valence-electron chi connectivity index (χ3n) is 3.05. The molecule has 0 aromatic heterocycles. The zero-order valence-corrected chi connectivity index (χ0v) is 7.72. The van der Waals surface area contributed by atoms with E-state index >= 15 is 0 Å². The molecule has 0 bridgehead atoms. The van der Waals surface area contributed by atoms with Crippen molar-refractivity contribution in [3.05, 3.63) is 0 Å². The van der Waals surface area contributed by atoms with Crippen molar-refractivity contribution in [1.29, 1.82) is 0 Å². The van der Waals surface area contributed by atoms with Crippen molar-refractivity contribution >= 4 is 0 Å². The van der Waals surface area contributed by atoms with Crippen molar-refractivity contribution in [3.63, 3.8) is 0 Å². The van der Waals surface area contributed by atoms with Crippen molar-refractivity contribution in [3.8, 4) is 0 Å². The summed E-state index contributed by atoms with van der Waals surface area (Å²) in [6.45, 7) is 0.803. The minimum Gasteiger partial charge on any atom is -0.376 e.